The fourth-order valence-corrected chi connectivity index (χ4v) is 1.83. The number of para-hydroxylation sites is 1. The quantitative estimate of drug-likeness (QED) is 0.818. The minimum absolute atomic E-state index is 0.164. The molecule has 4 nitrogen and oxygen atoms in total. The highest BCUT2D eigenvalue weighted by molar-refractivity contribution is 6.08. The molecule has 0 fully saturated rings. The number of anilines is 1. The summed E-state index contributed by atoms with van der Waals surface area (Å²) >= 11 is 0. The predicted octanol–water partition coefficient (Wildman–Crippen LogP) is 1.60. The van der Waals surface area contributed by atoms with Crippen LogP contribution in [0.25, 0.3) is 0 Å². The van der Waals surface area contributed by atoms with Crippen LogP contribution in [-0.4, -0.2) is 23.5 Å². The van der Waals surface area contributed by atoms with Gasteiger partial charge in [0.15, 0.2) is 0 Å². The molecule has 0 unspecified atom stereocenters. The number of nitrogens with zero attached hydrogens (tertiary/aromatic N) is 1. The van der Waals surface area contributed by atoms with Gasteiger partial charge in [-0.05, 0) is 18.6 Å². The Hall–Kier alpha value is -2.10. The van der Waals surface area contributed by atoms with E-state index < -0.39 is 5.97 Å². The lowest BCUT2D eigenvalue weighted by atomic mass is 10.1. The average Bonchev–Trinajstić information content (AvgIpc) is 2.64. The summed E-state index contributed by atoms with van der Waals surface area (Å²) in [4.78, 5) is 24.1. The van der Waals surface area contributed by atoms with Crippen molar-refractivity contribution in [1.82, 2.24) is 0 Å². The normalized spacial score (nSPS) is 14.6. The summed E-state index contributed by atoms with van der Waals surface area (Å²) in [5.41, 5.74) is 1.44. The molecule has 16 heavy (non-hydrogen) atoms. The second-order valence-corrected chi connectivity index (χ2v) is 3.63. The molecule has 0 aliphatic carbocycles. The van der Waals surface area contributed by atoms with Gasteiger partial charge in [-0.2, -0.15) is 0 Å². The molecule has 0 spiro atoms. The van der Waals surface area contributed by atoms with E-state index in [0.29, 0.717) is 12.2 Å². The lowest BCUT2D eigenvalue weighted by Crippen LogP contribution is -2.27. The van der Waals surface area contributed by atoms with Gasteiger partial charge in [0, 0.05) is 12.6 Å². The molecule has 1 aliphatic rings. The van der Waals surface area contributed by atoms with Gasteiger partial charge in [0.1, 0.15) is 0 Å². The summed E-state index contributed by atoms with van der Waals surface area (Å²) in [5.74, 6) is -1.18. The number of aryl methyl sites for hydroxylation is 1. The van der Waals surface area contributed by atoms with Crippen LogP contribution >= 0.6 is 0 Å². The van der Waals surface area contributed by atoms with E-state index in [0.717, 1.165) is 5.56 Å². The molecular weight excluding hydrogens is 206 g/mol. The van der Waals surface area contributed by atoms with Gasteiger partial charge in [-0.1, -0.05) is 18.2 Å². The number of carboxylic acids is 1. The second-order valence-electron chi connectivity index (χ2n) is 3.63. The molecule has 0 saturated heterocycles. The van der Waals surface area contributed by atoms with Gasteiger partial charge in [0.25, 0.3) is 5.91 Å². The molecule has 0 radical (unpaired) electrons. The minimum Gasteiger partial charge on any atom is -0.478 e. The SMILES string of the molecule is Cc1cccc(C(=O)O)c1N1CC=CC1=O. The Morgan fingerprint density at radius 1 is 1.44 bits per heavy atom. The van der Waals surface area contributed by atoms with Gasteiger partial charge in [0.2, 0.25) is 0 Å². The van der Waals surface area contributed by atoms with Gasteiger partial charge in [-0.15, -0.1) is 0 Å². The Morgan fingerprint density at radius 3 is 2.75 bits per heavy atom. The van der Waals surface area contributed by atoms with Crippen molar-refractivity contribution in [2.45, 2.75) is 6.92 Å². The standard InChI is InChI=1S/C12H11NO3/c1-8-4-2-5-9(12(15)16)11(8)13-7-3-6-10(13)14/h2-6H,7H2,1H3,(H,15,16). The summed E-state index contributed by atoms with van der Waals surface area (Å²) in [7, 11) is 0. The highest BCUT2D eigenvalue weighted by atomic mass is 16.4. The Balaban J connectivity index is 2.54. The molecule has 1 aromatic rings. The summed E-state index contributed by atoms with van der Waals surface area (Å²) in [6.07, 6.45) is 3.18. The third-order valence-electron chi connectivity index (χ3n) is 2.55. The first kappa shape index (κ1) is 10.4. The van der Waals surface area contributed by atoms with Crippen LogP contribution in [0.3, 0.4) is 0 Å². The summed E-state index contributed by atoms with van der Waals surface area (Å²) < 4.78 is 0. The van der Waals surface area contributed by atoms with Gasteiger partial charge < -0.3 is 10.0 Å². The van der Waals surface area contributed by atoms with Crippen LogP contribution in [-0.2, 0) is 4.79 Å². The molecule has 4 heteroatoms. The van der Waals surface area contributed by atoms with Gasteiger partial charge in [-0.3, -0.25) is 4.79 Å². The van der Waals surface area contributed by atoms with Crippen molar-refractivity contribution in [2.24, 2.45) is 0 Å². The van der Waals surface area contributed by atoms with Crippen molar-refractivity contribution in [3.8, 4) is 0 Å². The van der Waals surface area contributed by atoms with Crippen LogP contribution in [0.1, 0.15) is 15.9 Å². The smallest absolute Gasteiger partial charge is 0.337 e. The number of amides is 1. The second kappa shape index (κ2) is 3.81. The Kier molecular flexibility index (Phi) is 2.48. The average molecular weight is 217 g/mol. The Morgan fingerprint density at radius 2 is 2.19 bits per heavy atom. The predicted molar refractivity (Wildman–Crippen MR) is 59.6 cm³/mol. The van der Waals surface area contributed by atoms with Crippen molar-refractivity contribution >= 4 is 17.6 Å². The lowest BCUT2D eigenvalue weighted by molar-refractivity contribution is -0.113. The zero-order valence-corrected chi connectivity index (χ0v) is 8.80. The summed E-state index contributed by atoms with van der Waals surface area (Å²) in [6, 6.07) is 4.99. The number of hydrogen-bond acceptors (Lipinski definition) is 2. The van der Waals surface area contributed by atoms with E-state index in [2.05, 4.69) is 0 Å². The molecule has 1 heterocycles. The van der Waals surface area contributed by atoms with E-state index in [9.17, 15) is 9.59 Å². The van der Waals surface area contributed by atoms with Crippen molar-refractivity contribution < 1.29 is 14.7 Å². The summed E-state index contributed by atoms with van der Waals surface area (Å²) in [6.45, 7) is 2.23. The van der Waals surface area contributed by atoms with Crippen LogP contribution in [0.4, 0.5) is 5.69 Å². The van der Waals surface area contributed by atoms with Gasteiger partial charge >= 0.3 is 5.97 Å². The Labute approximate surface area is 92.8 Å². The number of carboxylic acid groups (broad SMARTS) is 1. The highest BCUT2D eigenvalue weighted by Gasteiger charge is 2.23. The van der Waals surface area contributed by atoms with Crippen LogP contribution < -0.4 is 4.90 Å². The Bertz CT molecular complexity index is 491. The van der Waals surface area contributed by atoms with E-state index in [-0.39, 0.29) is 11.5 Å². The number of carbonyl (C=O) groups is 2. The van der Waals surface area contributed by atoms with E-state index in [1.807, 2.05) is 0 Å². The molecule has 1 aliphatic heterocycles. The van der Waals surface area contributed by atoms with Crippen molar-refractivity contribution in [3.05, 3.63) is 41.5 Å². The van der Waals surface area contributed by atoms with E-state index in [1.165, 1.54) is 17.0 Å². The molecule has 0 bridgehead atoms. The maximum Gasteiger partial charge on any atom is 0.337 e. The minimum atomic E-state index is -1.02. The molecule has 2 rings (SSSR count). The third kappa shape index (κ3) is 1.58. The zero-order chi connectivity index (χ0) is 11.7. The zero-order valence-electron chi connectivity index (χ0n) is 8.80. The van der Waals surface area contributed by atoms with Crippen LogP contribution in [0.5, 0.6) is 0 Å². The first-order valence-electron chi connectivity index (χ1n) is 4.92. The molecule has 0 aromatic heterocycles. The number of rotatable bonds is 2. The number of hydrogen-bond donors (Lipinski definition) is 1. The number of carbonyl (C=O) groups excluding carboxylic acids is 1. The molecular formula is C12H11NO3. The summed E-state index contributed by atoms with van der Waals surface area (Å²) in [5, 5.41) is 9.08. The fraction of sp³-hybridized carbons (Fsp3) is 0.167. The largest absolute Gasteiger partial charge is 0.478 e. The maximum atomic E-state index is 11.5. The third-order valence-corrected chi connectivity index (χ3v) is 2.55. The molecule has 82 valence electrons. The van der Waals surface area contributed by atoms with Crippen molar-refractivity contribution in [1.29, 1.82) is 0 Å². The molecule has 1 amide bonds. The number of benzene rings is 1. The highest BCUT2D eigenvalue weighted by Crippen LogP contribution is 2.27. The molecule has 1 aromatic carbocycles. The van der Waals surface area contributed by atoms with Gasteiger partial charge in [0.05, 0.1) is 11.3 Å². The van der Waals surface area contributed by atoms with Crippen LogP contribution in [0.15, 0.2) is 30.4 Å². The molecule has 0 atom stereocenters. The molecule has 0 saturated carbocycles. The maximum absolute atomic E-state index is 11.5. The van der Waals surface area contributed by atoms with E-state index in [4.69, 9.17) is 5.11 Å². The van der Waals surface area contributed by atoms with Crippen LogP contribution in [0, 0.1) is 6.92 Å². The first-order valence-corrected chi connectivity index (χ1v) is 4.92. The van der Waals surface area contributed by atoms with Gasteiger partial charge in [-0.25, -0.2) is 4.79 Å². The van der Waals surface area contributed by atoms with Crippen molar-refractivity contribution in [2.75, 3.05) is 11.4 Å². The van der Waals surface area contributed by atoms with Crippen molar-refractivity contribution in [3.63, 3.8) is 0 Å². The van der Waals surface area contributed by atoms with E-state index in [1.54, 1.807) is 25.1 Å². The van der Waals surface area contributed by atoms with E-state index >= 15 is 0 Å². The number of aromatic carboxylic acids is 1. The monoisotopic (exact) mass is 217 g/mol. The first-order chi connectivity index (χ1) is 7.61. The van der Waals surface area contributed by atoms with Crippen LogP contribution in [0.2, 0.25) is 0 Å². The topological polar surface area (TPSA) is 57.6 Å². The lowest BCUT2D eigenvalue weighted by Gasteiger charge is -2.20. The molecule has 1 N–H and O–H groups in total. The fourth-order valence-electron chi connectivity index (χ4n) is 1.83.